The lowest BCUT2D eigenvalue weighted by Gasteiger charge is -2.11. The van der Waals surface area contributed by atoms with Crippen LogP contribution in [-0.4, -0.2) is 20.9 Å². The van der Waals surface area contributed by atoms with Crippen molar-refractivity contribution in [3.05, 3.63) is 0 Å². The molecule has 1 N–H and O–H groups in total. The highest BCUT2D eigenvalue weighted by atomic mass is 32.2. The molecule has 0 amide bonds. The first kappa shape index (κ1) is 8.52. The molecule has 0 aromatic carbocycles. The fourth-order valence-electron chi connectivity index (χ4n) is 0.0676. The molecule has 0 aromatic rings. The highest BCUT2D eigenvalue weighted by Gasteiger charge is 2.27. The Bertz CT molecular complexity index is 101. The Balaban J connectivity index is 3.91. The van der Waals surface area contributed by atoms with Crippen molar-refractivity contribution in [1.29, 1.82) is 0 Å². The normalized spacial score (nSPS) is 11.4. The van der Waals surface area contributed by atoms with Gasteiger partial charge < -0.3 is 5.11 Å². The van der Waals surface area contributed by atoms with E-state index < -0.39 is 10.0 Å². The molecule has 48 valence electrons. The van der Waals surface area contributed by atoms with Crippen molar-refractivity contribution in [1.82, 2.24) is 0 Å². The first-order valence-corrected chi connectivity index (χ1v) is 3.32. The lowest BCUT2D eigenvalue weighted by Crippen LogP contribution is -2.27. The Morgan fingerprint density at radius 3 is 2.00 bits per heavy atom. The van der Waals surface area contributed by atoms with Gasteiger partial charge in [0, 0.05) is 5.75 Å². The van der Waals surface area contributed by atoms with E-state index in [-0.39, 0.29) is 5.75 Å². The molecule has 5 heteroatoms. The van der Waals surface area contributed by atoms with E-state index in [0.717, 1.165) is 0 Å². The molecule has 0 bridgehead atoms. The van der Waals surface area contributed by atoms with Crippen LogP contribution in [0.3, 0.4) is 0 Å². The zero-order chi connectivity index (χ0) is 6.78. The maximum absolute atomic E-state index is 10.1. The van der Waals surface area contributed by atoms with Crippen LogP contribution in [0, 0.1) is 0 Å². The van der Waals surface area contributed by atoms with Crippen molar-refractivity contribution < 1.29 is 9.90 Å². The van der Waals surface area contributed by atoms with Crippen LogP contribution < -0.4 is 0 Å². The molecular formula is C3H6O2S3. The standard InChI is InChI=1S/C3H6O2S3/c4-2(5)3(7,8)1-6/h6-8H,1H2,(H,4,5). The Labute approximate surface area is 63.9 Å². The van der Waals surface area contributed by atoms with Gasteiger partial charge in [-0.05, 0) is 0 Å². The minimum absolute atomic E-state index is 0.106. The van der Waals surface area contributed by atoms with E-state index in [0.29, 0.717) is 0 Å². The summed E-state index contributed by atoms with van der Waals surface area (Å²) in [5, 5.41) is 8.24. The van der Waals surface area contributed by atoms with Gasteiger partial charge in [-0.2, -0.15) is 12.6 Å². The van der Waals surface area contributed by atoms with Crippen molar-refractivity contribution in [2.24, 2.45) is 0 Å². The van der Waals surface area contributed by atoms with E-state index in [1.54, 1.807) is 0 Å². The maximum atomic E-state index is 10.1. The summed E-state index contributed by atoms with van der Waals surface area (Å²) in [6, 6.07) is 0. The molecule has 0 fully saturated rings. The van der Waals surface area contributed by atoms with Gasteiger partial charge in [0.25, 0.3) is 0 Å². The monoisotopic (exact) mass is 170 g/mol. The molecule has 0 saturated heterocycles. The van der Waals surface area contributed by atoms with E-state index in [2.05, 4.69) is 37.9 Å². The quantitative estimate of drug-likeness (QED) is 0.361. The van der Waals surface area contributed by atoms with E-state index in [4.69, 9.17) is 5.11 Å². The number of carboxylic acid groups (broad SMARTS) is 1. The number of rotatable bonds is 2. The SMILES string of the molecule is O=C(O)C(S)(S)CS. The van der Waals surface area contributed by atoms with Crippen molar-refractivity contribution in [3.8, 4) is 0 Å². The Morgan fingerprint density at radius 2 is 2.00 bits per heavy atom. The number of aliphatic carboxylic acids is 1. The second-order valence-corrected chi connectivity index (χ2v) is 3.48. The molecule has 8 heavy (non-hydrogen) atoms. The van der Waals surface area contributed by atoms with E-state index in [9.17, 15) is 4.79 Å². The largest absolute Gasteiger partial charge is 0.480 e. The lowest BCUT2D eigenvalue weighted by atomic mass is 10.5. The summed E-state index contributed by atoms with van der Waals surface area (Å²) in [7, 11) is 0. The zero-order valence-corrected chi connectivity index (χ0v) is 6.59. The molecule has 0 radical (unpaired) electrons. The highest BCUT2D eigenvalue weighted by molar-refractivity contribution is 8.03. The van der Waals surface area contributed by atoms with Crippen LogP contribution in [0.25, 0.3) is 0 Å². The minimum atomic E-state index is -1.29. The third kappa shape index (κ3) is 2.19. The molecule has 0 aliphatic heterocycles. The van der Waals surface area contributed by atoms with Crippen LogP contribution in [0.5, 0.6) is 0 Å². The lowest BCUT2D eigenvalue weighted by molar-refractivity contribution is -0.136. The van der Waals surface area contributed by atoms with E-state index >= 15 is 0 Å². The third-order valence-electron chi connectivity index (χ3n) is 0.563. The molecule has 0 saturated carbocycles. The van der Waals surface area contributed by atoms with Crippen LogP contribution in [-0.2, 0) is 4.79 Å². The van der Waals surface area contributed by atoms with Gasteiger partial charge in [-0.25, -0.2) is 4.79 Å². The van der Waals surface area contributed by atoms with Crippen LogP contribution in [0.15, 0.2) is 0 Å². The first-order valence-electron chi connectivity index (χ1n) is 1.79. The minimum Gasteiger partial charge on any atom is -0.480 e. The predicted molar refractivity (Wildman–Crippen MR) is 42.2 cm³/mol. The third-order valence-corrected chi connectivity index (χ3v) is 2.24. The summed E-state index contributed by atoms with van der Waals surface area (Å²) in [6.07, 6.45) is 0. The van der Waals surface area contributed by atoms with Crippen molar-refractivity contribution >= 4 is 43.9 Å². The molecule has 0 rings (SSSR count). The van der Waals surface area contributed by atoms with Gasteiger partial charge in [-0.3, -0.25) is 0 Å². The van der Waals surface area contributed by atoms with Crippen LogP contribution >= 0.6 is 37.9 Å². The number of carbonyl (C=O) groups is 1. The number of thiol groups is 3. The first-order chi connectivity index (χ1) is 3.50. The summed E-state index contributed by atoms with van der Waals surface area (Å²) in [4.78, 5) is 10.1. The summed E-state index contributed by atoms with van der Waals surface area (Å²) >= 11 is 11.0. The summed E-state index contributed by atoms with van der Waals surface area (Å²) < 4.78 is -1.29. The van der Waals surface area contributed by atoms with Gasteiger partial charge in [0.05, 0.1) is 0 Å². The van der Waals surface area contributed by atoms with E-state index in [1.165, 1.54) is 0 Å². The topological polar surface area (TPSA) is 37.3 Å². The van der Waals surface area contributed by atoms with Crippen LogP contribution in [0.1, 0.15) is 0 Å². The molecule has 0 aliphatic carbocycles. The van der Waals surface area contributed by atoms with Crippen molar-refractivity contribution in [2.75, 3.05) is 5.75 Å². The average Bonchev–Trinajstić information content (AvgIpc) is 1.67. The van der Waals surface area contributed by atoms with Crippen LogP contribution in [0.2, 0.25) is 0 Å². The van der Waals surface area contributed by atoms with Gasteiger partial charge in [0.15, 0.2) is 4.08 Å². The fourth-order valence-corrected chi connectivity index (χ4v) is 0.203. The summed E-state index contributed by atoms with van der Waals surface area (Å²) in [5.74, 6) is -0.965. The molecule has 2 nitrogen and oxygen atoms in total. The molecule has 0 spiro atoms. The Kier molecular flexibility index (Phi) is 3.08. The number of carboxylic acids is 1. The predicted octanol–water partition coefficient (Wildman–Crippen LogP) is 0.557. The van der Waals surface area contributed by atoms with Gasteiger partial charge >= 0.3 is 5.97 Å². The average molecular weight is 170 g/mol. The van der Waals surface area contributed by atoms with Crippen LogP contribution in [0.4, 0.5) is 0 Å². The smallest absolute Gasteiger partial charge is 0.330 e. The number of hydrogen-bond acceptors (Lipinski definition) is 4. The second-order valence-electron chi connectivity index (χ2n) is 1.28. The molecular weight excluding hydrogens is 164 g/mol. The van der Waals surface area contributed by atoms with Gasteiger partial charge in [-0.15, -0.1) is 25.3 Å². The summed E-state index contributed by atoms with van der Waals surface area (Å²) in [6.45, 7) is 0. The van der Waals surface area contributed by atoms with Gasteiger partial charge in [-0.1, -0.05) is 0 Å². The highest BCUT2D eigenvalue weighted by Crippen LogP contribution is 2.20. The fraction of sp³-hybridized carbons (Fsp3) is 0.667. The maximum Gasteiger partial charge on any atom is 0.330 e. The summed E-state index contributed by atoms with van der Waals surface area (Å²) in [5.41, 5.74) is 0. The Hall–Kier alpha value is 0.520. The van der Waals surface area contributed by atoms with Crippen molar-refractivity contribution in [3.63, 3.8) is 0 Å². The second kappa shape index (κ2) is 2.89. The molecule has 0 heterocycles. The molecule has 0 aromatic heterocycles. The molecule has 0 unspecified atom stereocenters. The number of hydrogen-bond donors (Lipinski definition) is 4. The zero-order valence-electron chi connectivity index (χ0n) is 3.90. The molecule has 0 aliphatic rings. The van der Waals surface area contributed by atoms with Gasteiger partial charge in [0.2, 0.25) is 0 Å². The van der Waals surface area contributed by atoms with Gasteiger partial charge in [0.1, 0.15) is 0 Å². The van der Waals surface area contributed by atoms with E-state index in [1.807, 2.05) is 0 Å². The molecule has 0 atom stereocenters. The Morgan fingerprint density at radius 1 is 1.62 bits per heavy atom. The van der Waals surface area contributed by atoms with Crippen molar-refractivity contribution in [2.45, 2.75) is 4.08 Å².